The smallest absolute Gasteiger partial charge is 0.246 e. The van der Waals surface area contributed by atoms with E-state index < -0.39 is 6.04 Å². The molecule has 0 aliphatic carbocycles. The lowest BCUT2D eigenvalue weighted by Gasteiger charge is -2.12. The maximum Gasteiger partial charge on any atom is 0.246 e. The molecule has 0 aliphatic rings. The number of aromatic nitrogens is 4. The van der Waals surface area contributed by atoms with Crippen LogP contribution in [0.15, 0.2) is 24.3 Å². The quantitative estimate of drug-likeness (QED) is 0.825. The molecule has 0 bridgehead atoms. The van der Waals surface area contributed by atoms with Crippen molar-refractivity contribution < 1.29 is 4.79 Å². The van der Waals surface area contributed by atoms with E-state index in [0.29, 0.717) is 30.4 Å². The fourth-order valence-electron chi connectivity index (χ4n) is 1.84. The molecular formula is C13H18Cl2N6O. The van der Waals surface area contributed by atoms with E-state index in [2.05, 4.69) is 20.7 Å². The van der Waals surface area contributed by atoms with Gasteiger partial charge in [-0.2, -0.15) is 4.80 Å². The van der Waals surface area contributed by atoms with Gasteiger partial charge < -0.3 is 11.1 Å². The highest BCUT2D eigenvalue weighted by Gasteiger charge is 2.21. The van der Waals surface area contributed by atoms with E-state index in [1.807, 2.05) is 6.92 Å². The minimum absolute atomic E-state index is 0. The molecule has 1 atom stereocenters. The van der Waals surface area contributed by atoms with Crippen molar-refractivity contribution in [1.29, 1.82) is 0 Å². The first-order valence-corrected chi connectivity index (χ1v) is 7.06. The molecule has 0 aliphatic heterocycles. The first kappa shape index (κ1) is 18.3. The molecule has 2 aromatic rings. The van der Waals surface area contributed by atoms with Gasteiger partial charge in [0.25, 0.3) is 0 Å². The number of hydrogen-bond acceptors (Lipinski definition) is 5. The van der Waals surface area contributed by atoms with Gasteiger partial charge in [-0.15, -0.1) is 22.6 Å². The van der Waals surface area contributed by atoms with Gasteiger partial charge in [-0.25, -0.2) is 0 Å². The molecule has 2 rings (SSSR count). The van der Waals surface area contributed by atoms with Gasteiger partial charge in [0.2, 0.25) is 11.7 Å². The maximum absolute atomic E-state index is 12.0. The molecule has 1 aromatic carbocycles. The summed E-state index contributed by atoms with van der Waals surface area (Å²) < 4.78 is 0. The Morgan fingerprint density at radius 1 is 1.41 bits per heavy atom. The highest BCUT2D eigenvalue weighted by atomic mass is 35.5. The molecule has 1 aromatic heterocycles. The summed E-state index contributed by atoms with van der Waals surface area (Å²) in [5.41, 5.74) is 6.17. The predicted octanol–water partition coefficient (Wildman–Crippen LogP) is 1.44. The molecular weight excluding hydrogens is 327 g/mol. The second-order valence-electron chi connectivity index (χ2n) is 4.44. The van der Waals surface area contributed by atoms with Crippen LogP contribution < -0.4 is 11.1 Å². The summed E-state index contributed by atoms with van der Waals surface area (Å²) in [7, 11) is 0. The van der Waals surface area contributed by atoms with Crippen molar-refractivity contribution in [3.05, 3.63) is 29.3 Å². The highest BCUT2D eigenvalue weighted by Crippen LogP contribution is 2.18. The average Bonchev–Trinajstić information content (AvgIpc) is 2.96. The van der Waals surface area contributed by atoms with Crippen molar-refractivity contribution in [2.24, 2.45) is 5.73 Å². The van der Waals surface area contributed by atoms with Crippen molar-refractivity contribution >= 4 is 29.9 Å². The van der Waals surface area contributed by atoms with E-state index >= 15 is 0 Å². The monoisotopic (exact) mass is 344 g/mol. The summed E-state index contributed by atoms with van der Waals surface area (Å²) in [5, 5.41) is 15.6. The molecule has 1 heterocycles. The molecule has 120 valence electrons. The fraction of sp³-hybridized carbons (Fsp3) is 0.385. The predicted molar refractivity (Wildman–Crippen MR) is 86.9 cm³/mol. The van der Waals surface area contributed by atoms with Crippen molar-refractivity contribution in [3.8, 4) is 11.4 Å². The van der Waals surface area contributed by atoms with Gasteiger partial charge in [-0.05, 0) is 35.9 Å². The normalized spacial score (nSPS) is 11.6. The number of benzene rings is 1. The number of nitrogens with zero attached hydrogens (tertiary/aromatic N) is 4. The molecule has 0 fully saturated rings. The number of hydrogen-bond donors (Lipinski definition) is 2. The van der Waals surface area contributed by atoms with E-state index in [-0.39, 0.29) is 18.3 Å². The van der Waals surface area contributed by atoms with Crippen LogP contribution in [0.1, 0.15) is 19.4 Å². The minimum Gasteiger partial charge on any atom is -0.353 e. The standard InChI is InChI=1S/C13H17ClN6O.ClH/c1-2-11(13(21)16-8-7-15)20-18-12(17-19-20)9-3-5-10(14)6-4-9;/h3-6,11H,2,7-8,15H2,1H3,(H,16,21);1H. The molecule has 22 heavy (non-hydrogen) atoms. The van der Waals surface area contributed by atoms with Gasteiger partial charge in [0.05, 0.1) is 0 Å². The Kier molecular flexibility index (Phi) is 7.23. The molecule has 7 nitrogen and oxygen atoms in total. The molecule has 3 N–H and O–H groups in total. The Bertz CT molecular complexity index is 601. The lowest BCUT2D eigenvalue weighted by atomic mass is 10.2. The molecule has 0 radical (unpaired) electrons. The number of rotatable bonds is 6. The van der Waals surface area contributed by atoms with Crippen LogP contribution in [-0.4, -0.2) is 39.2 Å². The van der Waals surface area contributed by atoms with Crippen LogP contribution >= 0.6 is 24.0 Å². The van der Waals surface area contributed by atoms with Gasteiger partial charge in [0, 0.05) is 23.7 Å². The Hall–Kier alpha value is -1.70. The van der Waals surface area contributed by atoms with Crippen LogP contribution in [0.4, 0.5) is 0 Å². The van der Waals surface area contributed by atoms with Crippen molar-refractivity contribution in [3.63, 3.8) is 0 Å². The topological polar surface area (TPSA) is 98.7 Å². The van der Waals surface area contributed by atoms with Crippen LogP contribution in [0, 0.1) is 0 Å². The van der Waals surface area contributed by atoms with Gasteiger partial charge in [-0.3, -0.25) is 4.79 Å². The largest absolute Gasteiger partial charge is 0.353 e. The van der Waals surface area contributed by atoms with Crippen LogP contribution in [0.25, 0.3) is 11.4 Å². The second kappa shape index (κ2) is 8.67. The van der Waals surface area contributed by atoms with Crippen LogP contribution in [-0.2, 0) is 4.79 Å². The van der Waals surface area contributed by atoms with E-state index in [1.54, 1.807) is 24.3 Å². The molecule has 9 heteroatoms. The molecule has 0 spiro atoms. The van der Waals surface area contributed by atoms with Crippen molar-refractivity contribution in [2.45, 2.75) is 19.4 Å². The van der Waals surface area contributed by atoms with Gasteiger partial charge in [-0.1, -0.05) is 18.5 Å². The van der Waals surface area contributed by atoms with E-state index in [4.69, 9.17) is 17.3 Å². The van der Waals surface area contributed by atoms with Gasteiger partial charge >= 0.3 is 0 Å². The molecule has 0 saturated carbocycles. The fourth-order valence-corrected chi connectivity index (χ4v) is 1.96. The number of carbonyl (C=O) groups excluding carboxylic acids is 1. The van der Waals surface area contributed by atoms with Crippen LogP contribution in [0.3, 0.4) is 0 Å². The van der Waals surface area contributed by atoms with Gasteiger partial charge in [0.1, 0.15) is 0 Å². The Morgan fingerprint density at radius 2 is 2.09 bits per heavy atom. The Balaban J connectivity index is 0.00000242. The summed E-state index contributed by atoms with van der Waals surface area (Å²) in [6, 6.07) is 6.62. The van der Waals surface area contributed by atoms with Crippen molar-refractivity contribution in [2.75, 3.05) is 13.1 Å². The number of halogens is 2. The zero-order valence-electron chi connectivity index (χ0n) is 12.1. The summed E-state index contributed by atoms with van der Waals surface area (Å²) in [5.74, 6) is 0.291. The highest BCUT2D eigenvalue weighted by molar-refractivity contribution is 6.30. The Labute approximate surface area is 139 Å². The first-order chi connectivity index (χ1) is 10.2. The number of nitrogens with two attached hydrogens (primary N) is 1. The zero-order chi connectivity index (χ0) is 15.2. The summed E-state index contributed by atoms with van der Waals surface area (Å²) >= 11 is 5.84. The summed E-state index contributed by atoms with van der Waals surface area (Å²) in [6.07, 6.45) is 0.562. The second-order valence-corrected chi connectivity index (χ2v) is 4.88. The number of amides is 1. The van der Waals surface area contributed by atoms with E-state index in [0.717, 1.165) is 5.56 Å². The lowest BCUT2D eigenvalue weighted by molar-refractivity contribution is -0.125. The third-order valence-corrected chi connectivity index (χ3v) is 3.19. The first-order valence-electron chi connectivity index (χ1n) is 6.69. The zero-order valence-corrected chi connectivity index (χ0v) is 13.6. The third-order valence-electron chi connectivity index (χ3n) is 2.94. The Morgan fingerprint density at radius 3 is 2.68 bits per heavy atom. The number of nitrogens with one attached hydrogen (secondary N) is 1. The lowest BCUT2D eigenvalue weighted by Crippen LogP contribution is -2.36. The molecule has 1 amide bonds. The number of tetrazole rings is 1. The van der Waals surface area contributed by atoms with Crippen LogP contribution in [0.5, 0.6) is 0 Å². The van der Waals surface area contributed by atoms with E-state index in [1.165, 1.54) is 4.80 Å². The summed E-state index contributed by atoms with van der Waals surface area (Å²) in [4.78, 5) is 13.3. The minimum atomic E-state index is -0.495. The molecule has 1 unspecified atom stereocenters. The van der Waals surface area contributed by atoms with Crippen molar-refractivity contribution in [1.82, 2.24) is 25.5 Å². The molecule has 0 saturated heterocycles. The average molecular weight is 345 g/mol. The maximum atomic E-state index is 12.0. The van der Waals surface area contributed by atoms with Gasteiger partial charge in [0.15, 0.2) is 6.04 Å². The van der Waals surface area contributed by atoms with E-state index in [9.17, 15) is 4.79 Å². The summed E-state index contributed by atoms with van der Waals surface area (Å²) in [6.45, 7) is 2.70. The SMILES string of the molecule is CCC(C(=O)NCCN)n1nnc(-c2ccc(Cl)cc2)n1.Cl. The number of carbonyl (C=O) groups is 1. The third kappa shape index (κ3) is 4.40. The van der Waals surface area contributed by atoms with Crippen LogP contribution in [0.2, 0.25) is 5.02 Å².